The Morgan fingerprint density at radius 3 is 2.35 bits per heavy atom. The number of rotatable bonds is 5. The monoisotopic (exact) mass is 422 g/mol. The first-order valence-electron chi connectivity index (χ1n) is 10.4. The quantitative estimate of drug-likeness (QED) is 0.739. The van der Waals surface area contributed by atoms with Crippen molar-refractivity contribution in [1.82, 2.24) is 0 Å². The maximum absolute atomic E-state index is 12.9. The summed E-state index contributed by atoms with van der Waals surface area (Å²) in [6.07, 6.45) is 2.50. The number of methoxy groups -OCH3 is 2. The van der Waals surface area contributed by atoms with Gasteiger partial charge in [0.15, 0.2) is 0 Å². The predicted octanol–water partition coefficient (Wildman–Crippen LogP) is 3.88. The van der Waals surface area contributed by atoms with Crippen molar-refractivity contribution in [2.75, 3.05) is 24.4 Å². The summed E-state index contributed by atoms with van der Waals surface area (Å²) in [6, 6.07) is 11.6. The maximum atomic E-state index is 12.9. The van der Waals surface area contributed by atoms with Crippen LogP contribution in [-0.2, 0) is 9.59 Å². The average molecular weight is 422 g/mol. The van der Waals surface area contributed by atoms with Gasteiger partial charge in [-0.1, -0.05) is 6.92 Å². The second-order valence-electron chi connectivity index (χ2n) is 8.21. The maximum Gasteiger partial charge on any atom is 0.255 e. The van der Waals surface area contributed by atoms with Gasteiger partial charge in [-0.05, 0) is 61.6 Å². The Kier molecular flexibility index (Phi) is 5.67. The molecule has 2 aliphatic rings. The Labute approximate surface area is 181 Å². The van der Waals surface area contributed by atoms with Crippen molar-refractivity contribution in [1.29, 1.82) is 0 Å². The van der Waals surface area contributed by atoms with Crippen molar-refractivity contribution >= 4 is 29.1 Å². The molecular weight excluding hydrogens is 396 g/mol. The fourth-order valence-electron chi connectivity index (χ4n) is 4.50. The molecule has 162 valence electrons. The molecule has 0 bridgehead atoms. The Morgan fingerprint density at radius 1 is 0.968 bits per heavy atom. The van der Waals surface area contributed by atoms with E-state index in [4.69, 9.17) is 9.47 Å². The minimum atomic E-state index is -0.323. The first-order chi connectivity index (χ1) is 14.9. The van der Waals surface area contributed by atoms with Crippen LogP contribution in [0.2, 0.25) is 0 Å². The van der Waals surface area contributed by atoms with E-state index in [-0.39, 0.29) is 29.6 Å². The molecule has 1 aliphatic heterocycles. The van der Waals surface area contributed by atoms with Gasteiger partial charge in [0.1, 0.15) is 11.5 Å². The smallest absolute Gasteiger partial charge is 0.255 e. The molecule has 2 fully saturated rings. The van der Waals surface area contributed by atoms with Gasteiger partial charge in [-0.3, -0.25) is 19.3 Å². The molecule has 0 radical (unpaired) electrons. The van der Waals surface area contributed by atoms with Crippen LogP contribution in [0.5, 0.6) is 11.5 Å². The number of hydrogen-bond acceptors (Lipinski definition) is 5. The van der Waals surface area contributed by atoms with Gasteiger partial charge >= 0.3 is 0 Å². The largest absolute Gasteiger partial charge is 0.497 e. The molecule has 1 saturated heterocycles. The van der Waals surface area contributed by atoms with Gasteiger partial charge in [-0.15, -0.1) is 0 Å². The Balaban J connectivity index is 1.50. The highest BCUT2D eigenvalue weighted by atomic mass is 16.5. The summed E-state index contributed by atoms with van der Waals surface area (Å²) in [7, 11) is 3.07. The number of ether oxygens (including phenoxy) is 2. The number of benzene rings is 2. The molecule has 2 aromatic rings. The number of imide groups is 1. The highest BCUT2D eigenvalue weighted by Gasteiger charge is 2.49. The van der Waals surface area contributed by atoms with Gasteiger partial charge in [0.2, 0.25) is 11.8 Å². The molecular formula is C24H26N2O5. The summed E-state index contributed by atoms with van der Waals surface area (Å²) in [5.41, 5.74) is 1.43. The third-order valence-corrected chi connectivity index (χ3v) is 6.23. The Bertz CT molecular complexity index is 1020. The Hall–Kier alpha value is -3.35. The van der Waals surface area contributed by atoms with Crippen molar-refractivity contribution < 1.29 is 23.9 Å². The summed E-state index contributed by atoms with van der Waals surface area (Å²) in [5.74, 6) is 0.554. The summed E-state index contributed by atoms with van der Waals surface area (Å²) in [6.45, 7) is 2.13. The van der Waals surface area contributed by atoms with E-state index in [1.54, 1.807) is 49.6 Å². The van der Waals surface area contributed by atoms with Crippen LogP contribution in [0.25, 0.3) is 0 Å². The van der Waals surface area contributed by atoms with Crippen molar-refractivity contribution in [2.24, 2.45) is 17.8 Å². The molecule has 0 spiro atoms. The second-order valence-corrected chi connectivity index (χ2v) is 8.21. The standard InChI is InChI=1S/C24H26N2O5/c1-14-4-10-18-19(12-14)24(29)26(23(18)28)16-7-5-15(6-8-16)22(27)25-20-11-9-17(30-2)13-21(20)31-3/h5-9,11,13-14,18-19H,4,10,12H2,1-3H3,(H,25,27)/t14-,18-,19+/m0/s1. The van der Waals surface area contributed by atoms with Crippen LogP contribution in [0.15, 0.2) is 42.5 Å². The van der Waals surface area contributed by atoms with Crippen LogP contribution in [0, 0.1) is 17.8 Å². The minimum Gasteiger partial charge on any atom is -0.497 e. The minimum absolute atomic E-state index is 0.123. The van der Waals surface area contributed by atoms with E-state index >= 15 is 0 Å². The molecule has 3 atom stereocenters. The molecule has 1 heterocycles. The first kappa shape index (κ1) is 20.9. The average Bonchev–Trinajstić information content (AvgIpc) is 3.03. The SMILES string of the molecule is COc1ccc(NC(=O)c2ccc(N3C(=O)[C@H]4CC[C@H](C)C[C@H]4C3=O)cc2)c(OC)c1. The van der Waals surface area contributed by atoms with E-state index in [0.717, 1.165) is 19.3 Å². The normalized spacial score (nSPS) is 22.8. The van der Waals surface area contributed by atoms with E-state index < -0.39 is 0 Å². The fourth-order valence-corrected chi connectivity index (χ4v) is 4.50. The zero-order valence-electron chi connectivity index (χ0n) is 17.9. The third kappa shape index (κ3) is 3.87. The molecule has 0 aromatic heterocycles. The van der Waals surface area contributed by atoms with Gasteiger partial charge in [0.05, 0.1) is 37.4 Å². The second kappa shape index (κ2) is 8.41. The van der Waals surface area contributed by atoms with E-state index in [1.807, 2.05) is 0 Å². The van der Waals surface area contributed by atoms with Crippen LogP contribution >= 0.6 is 0 Å². The number of anilines is 2. The highest BCUT2D eigenvalue weighted by Crippen LogP contribution is 2.42. The summed E-state index contributed by atoms with van der Waals surface area (Å²) in [5, 5.41) is 2.81. The molecule has 0 unspecified atom stereocenters. The number of hydrogen-bond donors (Lipinski definition) is 1. The molecule has 3 amide bonds. The van der Waals surface area contributed by atoms with Crippen molar-refractivity contribution in [2.45, 2.75) is 26.2 Å². The molecule has 31 heavy (non-hydrogen) atoms. The molecule has 4 rings (SSSR count). The van der Waals surface area contributed by atoms with Gasteiger partial charge in [-0.2, -0.15) is 0 Å². The third-order valence-electron chi connectivity index (χ3n) is 6.23. The number of nitrogens with zero attached hydrogens (tertiary/aromatic N) is 1. The van der Waals surface area contributed by atoms with Crippen LogP contribution in [0.1, 0.15) is 36.5 Å². The molecule has 1 saturated carbocycles. The summed E-state index contributed by atoms with van der Waals surface area (Å²) in [4.78, 5) is 39.7. The first-order valence-corrected chi connectivity index (χ1v) is 10.4. The lowest BCUT2D eigenvalue weighted by Crippen LogP contribution is -2.30. The molecule has 1 N–H and O–H groups in total. The van der Waals surface area contributed by atoms with Crippen LogP contribution in [0.4, 0.5) is 11.4 Å². The van der Waals surface area contributed by atoms with E-state index in [1.165, 1.54) is 12.0 Å². The van der Waals surface area contributed by atoms with Gasteiger partial charge in [0.25, 0.3) is 5.91 Å². The van der Waals surface area contributed by atoms with Crippen LogP contribution < -0.4 is 19.7 Å². The molecule has 7 heteroatoms. The zero-order valence-corrected chi connectivity index (χ0v) is 17.9. The number of carbonyl (C=O) groups is 3. The molecule has 7 nitrogen and oxygen atoms in total. The zero-order chi connectivity index (χ0) is 22.1. The van der Waals surface area contributed by atoms with Crippen molar-refractivity contribution in [3.63, 3.8) is 0 Å². The van der Waals surface area contributed by atoms with E-state index in [0.29, 0.717) is 34.4 Å². The van der Waals surface area contributed by atoms with Crippen LogP contribution in [0.3, 0.4) is 0 Å². The lowest BCUT2D eigenvalue weighted by molar-refractivity contribution is -0.122. The van der Waals surface area contributed by atoms with Gasteiger partial charge in [0, 0.05) is 11.6 Å². The fraction of sp³-hybridized carbons (Fsp3) is 0.375. The number of amides is 3. The van der Waals surface area contributed by atoms with Crippen molar-refractivity contribution in [3.05, 3.63) is 48.0 Å². The van der Waals surface area contributed by atoms with Crippen molar-refractivity contribution in [3.8, 4) is 11.5 Å². The Morgan fingerprint density at radius 2 is 1.68 bits per heavy atom. The lowest BCUT2D eigenvalue weighted by Gasteiger charge is -2.25. The van der Waals surface area contributed by atoms with E-state index in [9.17, 15) is 14.4 Å². The number of fused-ring (bicyclic) bond motifs is 1. The molecule has 1 aliphatic carbocycles. The highest BCUT2D eigenvalue weighted by molar-refractivity contribution is 6.22. The lowest BCUT2D eigenvalue weighted by atomic mass is 9.76. The number of nitrogens with one attached hydrogen (secondary N) is 1. The summed E-state index contributed by atoms with van der Waals surface area (Å²) < 4.78 is 10.5. The van der Waals surface area contributed by atoms with E-state index in [2.05, 4.69) is 12.2 Å². The van der Waals surface area contributed by atoms with Gasteiger partial charge in [-0.25, -0.2) is 0 Å². The summed E-state index contributed by atoms with van der Waals surface area (Å²) >= 11 is 0. The van der Waals surface area contributed by atoms with Crippen LogP contribution in [-0.4, -0.2) is 31.9 Å². The van der Waals surface area contributed by atoms with Gasteiger partial charge < -0.3 is 14.8 Å². The number of carbonyl (C=O) groups excluding carboxylic acids is 3. The predicted molar refractivity (Wildman–Crippen MR) is 116 cm³/mol. The molecule has 2 aromatic carbocycles. The topological polar surface area (TPSA) is 84.9 Å².